The van der Waals surface area contributed by atoms with Crippen LogP contribution in [0.1, 0.15) is 52.5 Å². The van der Waals surface area contributed by atoms with E-state index >= 15 is 0 Å². The summed E-state index contributed by atoms with van der Waals surface area (Å²) < 4.78 is 5.48. The maximum absolute atomic E-state index is 12.7. The molecule has 1 aliphatic rings. The summed E-state index contributed by atoms with van der Waals surface area (Å²) in [5.41, 5.74) is 0.436. The van der Waals surface area contributed by atoms with E-state index in [2.05, 4.69) is 5.32 Å². The highest BCUT2D eigenvalue weighted by Gasteiger charge is 2.42. The lowest BCUT2D eigenvalue weighted by atomic mass is 9.96. The average Bonchev–Trinajstić information content (AvgIpc) is 2.99. The van der Waals surface area contributed by atoms with Gasteiger partial charge in [0, 0.05) is 12.5 Å². The number of ether oxygens (including phenoxy) is 1. The smallest absolute Gasteiger partial charge is 0.410 e. The van der Waals surface area contributed by atoms with Crippen molar-refractivity contribution in [3.63, 3.8) is 0 Å². The molecule has 1 N–H and O–H groups in total. The molecule has 0 aromatic heterocycles. The molecular weight excluding hydrogens is 332 g/mol. The first-order valence-electron chi connectivity index (χ1n) is 8.94. The largest absolute Gasteiger partial charge is 0.444 e. The number of likely N-dealkylation sites (tertiary alicyclic amines) is 1. The minimum Gasteiger partial charge on any atom is -0.444 e. The number of nitrogens with zero attached hydrogens (tertiary/aromatic N) is 1. The van der Waals surface area contributed by atoms with Crippen LogP contribution in [0.2, 0.25) is 0 Å². The molecule has 0 unspecified atom stereocenters. The highest BCUT2D eigenvalue weighted by atomic mass is 16.6. The Morgan fingerprint density at radius 3 is 2.35 bits per heavy atom. The van der Waals surface area contributed by atoms with Crippen molar-refractivity contribution >= 4 is 17.8 Å². The molecule has 0 bridgehead atoms. The number of rotatable bonds is 4. The molecule has 1 aromatic rings. The standard InChI is InChI=1S/C20H28N2O4/c1-13(14(2)23)21-18(24)17-11-16(15-9-7-6-8-10-15)12-22(17)19(25)26-20(3,4)5/h6-10,13,16-17H,11-12H2,1-5H3,(H,21,24)/t13-,16+,17+/m0/s1. The van der Waals surface area contributed by atoms with Crippen molar-refractivity contribution < 1.29 is 19.1 Å². The van der Waals surface area contributed by atoms with Gasteiger partial charge in [-0.2, -0.15) is 0 Å². The molecule has 6 nitrogen and oxygen atoms in total. The van der Waals surface area contributed by atoms with Crippen molar-refractivity contribution in [1.82, 2.24) is 10.2 Å². The molecule has 1 heterocycles. The molecular formula is C20H28N2O4. The maximum atomic E-state index is 12.7. The van der Waals surface area contributed by atoms with Crippen molar-refractivity contribution in [2.24, 2.45) is 0 Å². The number of ketones is 1. The first kappa shape index (κ1) is 19.9. The zero-order chi connectivity index (χ0) is 19.5. The molecule has 1 aliphatic heterocycles. The van der Waals surface area contributed by atoms with Gasteiger partial charge in [-0.25, -0.2) is 4.79 Å². The summed E-state index contributed by atoms with van der Waals surface area (Å²) >= 11 is 0. The summed E-state index contributed by atoms with van der Waals surface area (Å²) in [4.78, 5) is 38.3. The van der Waals surface area contributed by atoms with E-state index in [1.54, 1.807) is 27.7 Å². The van der Waals surface area contributed by atoms with E-state index in [4.69, 9.17) is 4.74 Å². The molecule has 1 saturated heterocycles. The van der Waals surface area contributed by atoms with Gasteiger partial charge < -0.3 is 10.1 Å². The van der Waals surface area contributed by atoms with Crippen LogP contribution in [0.25, 0.3) is 0 Å². The van der Waals surface area contributed by atoms with Gasteiger partial charge in [0.15, 0.2) is 5.78 Å². The van der Waals surface area contributed by atoms with Gasteiger partial charge in [0.05, 0.1) is 6.04 Å². The number of nitrogens with one attached hydrogen (secondary N) is 1. The Hall–Kier alpha value is -2.37. The molecule has 142 valence electrons. The van der Waals surface area contributed by atoms with Gasteiger partial charge in [-0.3, -0.25) is 14.5 Å². The van der Waals surface area contributed by atoms with Crippen molar-refractivity contribution in [3.05, 3.63) is 35.9 Å². The molecule has 26 heavy (non-hydrogen) atoms. The summed E-state index contributed by atoms with van der Waals surface area (Å²) in [5.74, 6) is -0.399. The summed E-state index contributed by atoms with van der Waals surface area (Å²) in [6, 6.07) is 8.57. The van der Waals surface area contributed by atoms with E-state index in [-0.39, 0.29) is 17.6 Å². The molecule has 0 radical (unpaired) electrons. The lowest BCUT2D eigenvalue weighted by Crippen LogP contribution is -2.50. The SMILES string of the molecule is CC(=O)[C@H](C)NC(=O)[C@H]1C[C@@H](c2ccccc2)CN1C(=O)OC(C)(C)C. The zero-order valence-corrected chi connectivity index (χ0v) is 16.1. The molecule has 0 saturated carbocycles. The first-order valence-corrected chi connectivity index (χ1v) is 8.94. The summed E-state index contributed by atoms with van der Waals surface area (Å²) in [6.07, 6.45) is -0.00810. The van der Waals surface area contributed by atoms with Gasteiger partial charge in [-0.05, 0) is 46.6 Å². The number of benzene rings is 1. The van der Waals surface area contributed by atoms with E-state index in [1.165, 1.54) is 11.8 Å². The molecule has 0 spiro atoms. The normalized spacial score (nSPS) is 21.2. The second-order valence-corrected chi connectivity index (χ2v) is 7.83. The van der Waals surface area contributed by atoms with Gasteiger partial charge in [0.1, 0.15) is 11.6 Å². The molecule has 2 amide bonds. The van der Waals surface area contributed by atoms with Crippen LogP contribution in [-0.2, 0) is 14.3 Å². The molecule has 2 rings (SSSR count). The van der Waals surface area contributed by atoms with Gasteiger partial charge in [0.2, 0.25) is 5.91 Å². The van der Waals surface area contributed by atoms with E-state index in [1.807, 2.05) is 30.3 Å². The Balaban J connectivity index is 2.21. The van der Waals surface area contributed by atoms with Gasteiger partial charge in [-0.1, -0.05) is 30.3 Å². The van der Waals surface area contributed by atoms with E-state index in [9.17, 15) is 14.4 Å². The highest BCUT2D eigenvalue weighted by Crippen LogP contribution is 2.33. The van der Waals surface area contributed by atoms with Crippen LogP contribution in [0.15, 0.2) is 30.3 Å². The van der Waals surface area contributed by atoms with Crippen molar-refractivity contribution in [2.75, 3.05) is 6.54 Å². The van der Waals surface area contributed by atoms with Crippen LogP contribution in [0.3, 0.4) is 0 Å². The number of hydrogen-bond acceptors (Lipinski definition) is 4. The molecule has 0 aliphatic carbocycles. The van der Waals surface area contributed by atoms with Crippen LogP contribution in [0.5, 0.6) is 0 Å². The van der Waals surface area contributed by atoms with Crippen LogP contribution < -0.4 is 5.32 Å². The van der Waals surface area contributed by atoms with E-state index < -0.39 is 23.8 Å². The third-order valence-electron chi connectivity index (χ3n) is 4.47. The number of carbonyl (C=O) groups excluding carboxylic acids is 3. The first-order chi connectivity index (χ1) is 12.1. The summed E-state index contributed by atoms with van der Waals surface area (Å²) in [5, 5.41) is 2.70. The second-order valence-electron chi connectivity index (χ2n) is 7.83. The van der Waals surface area contributed by atoms with Crippen LogP contribution in [-0.4, -0.2) is 46.9 Å². The maximum Gasteiger partial charge on any atom is 0.410 e. The van der Waals surface area contributed by atoms with Gasteiger partial charge >= 0.3 is 6.09 Å². The topological polar surface area (TPSA) is 75.7 Å². The van der Waals surface area contributed by atoms with Crippen molar-refractivity contribution in [1.29, 1.82) is 0 Å². The summed E-state index contributed by atoms with van der Waals surface area (Å²) in [6.45, 7) is 8.86. The Labute approximate surface area is 154 Å². The minimum atomic E-state index is -0.656. The van der Waals surface area contributed by atoms with Crippen molar-refractivity contribution in [3.8, 4) is 0 Å². The minimum absolute atomic E-state index is 0.0482. The van der Waals surface area contributed by atoms with Gasteiger partial charge in [0.25, 0.3) is 0 Å². The number of amides is 2. The number of carbonyl (C=O) groups is 3. The predicted molar refractivity (Wildman–Crippen MR) is 98.8 cm³/mol. The third kappa shape index (κ3) is 5.07. The molecule has 1 aromatic carbocycles. The Morgan fingerprint density at radius 1 is 1.19 bits per heavy atom. The fraction of sp³-hybridized carbons (Fsp3) is 0.550. The van der Waals surface area contributed by atoms with E-state index in [0.29, 0.717) is 13.0 Å². The quantitative estimate of drug-likeness (QED) is 0.896. The van der Waals surface area contributed by atoms with Crippen molar-refractivity contribution in [2.45, 2.75) is 64.6 Å². The Morgan fingerprint density at radius 2 is 1.81 bits per heavy atom. The molecule has 3 atom stereocenters. The average molecular weight is 360 g/mol. The predicted octanol–water partition coefficient (Wildman–Crippen LogP) is 2.87. The lowest BCUT2D eigenvalue weighted by Gasteiger charge is -2.28. The van der Waals surface area contributed by atoms with Gasteiger partial charge in [-0.15, -0.1) is 0 Å². The Kier molecular flexibility index (Phi) is 6.05. The number of Topliss-reactive ketones (excluding diaryl/α,β-unsaturated/α-hetero) is 1. The second kappa shape index (κ2) is 7.89. The molecule has 1 fully saturated rings. The Bertz CT molecular complexity index is 666. The zero-order valence-electron chi connectivity index (χ0n) is 16.1. The lowest BCUT2D eigenvalue weighted by molar-refractivity contribution is -0.129. The fourth-order valence-electron chi connectivity index (χ4n) is 2.98. The van der Waals surface area contributed by atoms with Crippen LogP contribution in [0, 0.1) is 0 Å². The van der Waals surface area contributed by atoms with E-state index in [0.717, 1.165) is 5.56 Å². The third-order valence-corrected chi connectivity index (χ3v) is 4.47. The highest BCUT2D eigenvalue weighted by molar-refractivity contribution is 5.91. The molecule has 6 heteroatoms. The summed E-state index contributed by atoms with van der Waals surface area (Å²) in [7, 11) is 0. The van der Waals surface area contributed by atoms with Crippen LogP contribution >= 0.6 is 0 Å². The number of hydrogen-bond donors (Lipinski definition) is 1. The monoisotopic (exact) mass is 360 g/mol. The fourth-order valence-corrected chi connectivity index (χ4v) is 2.98. The van der Waals surface area contributed by atoms with Crippen LogP contribution in [0.4, 0.5) is 4.79 Å².